The van der Waals surface area contributed by atoms with Crippen molar-refractivity contribution in [3.8, 4) is 22.7 Å². The van der Waals surface area contributed by atoms with Crippen LogP contribution in [0.5, 0.6) is 5.75 Å². The number of fused-ring (bicyclic) bond motifs is 1. The van der Waals surface area contributed by atoms with Gasteiger partial charge in [-0.25, -0.2) is 9.67 Å². The molecule has 0 unspecified atom stereocenters. The fourth-order valence-corrected chi connectivity index (χ4v) is 4.52. The average molecular weight is 479 g/mol. The maximum Gasteiger partial charge on any atom is 0.295 e. The number of benzene rings is 3. The molecule has 0 spiro atoms. The molecule has 180 valence electrons. The van der Waals surface area contributed by atoms with E-state index in [0.717, 1.165) is 28.0 Å². The molecular weight excluding hydrogens is 452 g/mol. The zero-order chi connectivity index (χ0) is 25.4. The molecule has 7 nitrogen and oxygen atoms in total. The highest BCUT2D eigenvalue weighted by Crippen LogP contribution is 2.31. The monoisotopic (exact) mass is 478 g/mol. The van der Waals surface area contributed by atoms with Crippen molar-refractivity contribution in [3.05, 3.63) is 106 Å². The van der Waals surface area contributed by atoms with Gasteiger partial charge in [0.25, 0.3) is 11.5 Å². The molecule has 7 heteroatoms. The number of anilines is 1. The van der Waals surface area contributed by atoms with Gasteiger partial charge < -0.3 is 10.1 Å². The number of hydrogen-bond donors (Lipinski definition) is 1. The summed E-state index contributed by atoms with van der Waals surface area (Å²) in [5.41, 5.74) is 4.82. The van der Waals surface area contributed by atoms with Crippen LogP contribution in [0.4, 0.5) is 5.69 Å². The lowest BCUT2D eigenvalue weighted by Crippen LogP contribution is -2.23. The number of methoxy groups -OCH3 is 1. The maximum absolute atomic E-state index is 13.8. The Labute approximate surface area is 208 Å². The minimum Gasteiger partial charge on any atom is -0.497 e. The smallest absolute Gasteiger partial charge is 0.295 e. The molecule has 0 bridgehead atoms. The van der Waals surface area contributed by atoms with Crippen molar-refractivity contribution in [1.82, 2.24) is 14.3 Å². The Morgan fingerprint density at radius 3 is 2.28 bits per heavy atom. The van der Waals surface area contributed by atoms with Crippen molar-refractivity contribution in [2.75, 3.05) is 12.4 Å². The largest absolute Gasteiger partial charge is 0.497 e. The molecule has 0 aliphatic heterocycles. The van der Waals surface area contributed by atoms with Gasteiger partial charge in [-0.2, -0.15) is 0 Å². The zero-order valence-electron chi connectivity index (χ0n) is 20.6. The van der Waals surface area contributed by atoms with Crippen LogP contribution < -0.4 is 15.6 Å². The van der Waals surface area contributed by atoms with Gasteiger partial charge in [-0.05, 0) is 61.9 Å². The van der Waals surface area contributed by atoms with E-state index in [1.165, 1.54) is 0 Å². The molecule has 0 atom stereocenters. The Balaban J connectivity index is 1.63. The van der Waals surface area contributed by atoms with Gasteiger partial charge in [0, 0.05) is 18.0 Å². The molecule has 0 saturated heterocycles. The highest BCUT2D eigenvalue weighted by Gasteiger charge is 2.23. The Kier molecular flexibility index (Phi) is 5.90. The molecule has 1 amide bonds. The number of para-hydroxylation sites is 2. The van der Waals surface area contributed by atoms with Gasteiger partial charge in [-0.1, -0.05) is 36.4 Å². The average Bonchev–Trinajstić information content (AvgIpc) is 3.11. The first kappa shape index (κ1) is 23.1. The SMILES string of the molecule is COc1ccc(-c2nc3ccccc3c(C(=O)Nc3c(C)n(C)n(-c4ccccc4)c3=O)c2C)cc1. The third-order valence-corrected chi connectivity index (χ3v) is 6.52. The van der Waals surface area contributed by atoms with Crippen molar-refractivity contribution in [3.63, 3.8) is 0 Å². The Morgan fingerprint density at radius 1 is 0.917 bits per heavy atom. The Hall–Kier alpha value is -4.65. The highest BCUT2D eigenvalue weighted by atomic mass is 16.5. The zero-order valence-corrected chi connectivity index (χ0v) is 20.6. The van der Waals surface area contributed by atoms with E-state index in [-0.39, 0.29) is 17.2 Å². The summed E-state index contributed by atoms with van der Waals surface area (Å²) in [6, 6.07) is 24.5. The first-order valence-corrected chi connectivity index (χ1v) is 11.6. The lowest BCUT2D eigenvalue weighted by molar-refractivity contribution is 0.102. The second-order valence-electron chi connectivity index (χ2n) is 8.60. The number of amides is 1. The van der Waals surface area contributed by atoms with E-state index < -0.39 is 0 Å². The number of carbonyl (C=O) groups excluding carboxylic acids is 1. The molecule has 0 fully saturated rings. The lowest BCUT2D eigenvalue weighted by atomic mass is 9.97. The molecule has 5 aromatic rings. The summed E-state index contributed by atoms with van der Waals surface area (Å²) in [5, 5.41) is 3.64. The normalized spacial score (nSPS) is 11.0. The van der Waals surface area contributed by atoms with Crippen LogP contribution in [-0.4, -0.2) is 27.4 Å². The van der Waals surface area contributed by atoms with Gasteiger partial charge in [0.05, 0.1) is 35.3 Å². The van der Waals surface area contributed by atoms with Crippen LogP contribution in [-0.2, 0) is 7.05 Å². The molecule has 0 radical (unpaired) electrons. The van der Waals surface area contributed by atoms with E-state index >= 15 is 0 Å². The van der Waals surface area contributed by atoms with E-state index in [2.05, 4.69) is 5.32 Å². The summed E-state index contributed by atoms with van der Waals surface area (Å²) in [7, 11) is 3.42. The molecule has 36 heavy (non-hydrogen) atoms. The van der Waals surface area contributed by atoms with Crippen LogP contribution in [0.15, 0.2) is 83.7 Å². The molecule has 2 heterocycles. The van der Waals surface area contributed by atoms with Crippen molar-refractivity contribution in [1.29, 1.82) is 0 Å². The van der Waals surface area contributed by atoms with Gasteiger partial charge in [0.15, 0.2) is 0 Å². The van der Waals surface area contributed by atoms with Crippen LogP contribution in [0.25, 0.3) is 27.8 Å². The van der Waals surface area contributed by atoms with Crippen LogP contribution in [0.3, 0.4) is 0 Å². The predicted octanol–water partition coefficient (Wildman–Crippen LogP) is 5.27. The van der Waals surface area contributed by atoms with E-state index in [0.29, 0.717) is 22.5 Å². The number of rotatable bonds is 5. The quantitative estimate of drug-likeness (QED) is 0.373. The van der Waals surface area contributed by atoms with Crippen LogP contribution in [0.1, 0.15) is 21.6 Å². The van der Waals surface area contributed by atoms with Gasteiger partial charge in [0.2, 0.25) is 0 Å². The van der Waals surface area contributed by atoms with Gasteiger partial charge in [0.1, 0.15) is 11.4 Å². The number of pyridine rings is 1. The summed E-state index contributed by atoms with van der Waals surface area (Å²) in [6.45, 7) is 3.70. The summed E-state index contributed by atoms with van der Waals surface area (Å²) < 4.78 is 8.57. The highest BCUT2D eigenvalue weighted by molar-refractivity contribution is 6.14. The number of aromatic nitrogens is 3. The number of hydrogen-bond acceptors (Lipinski definition) is 4. The van der Waals surface area contributed by atoms with Crippen LogP contribution in [0, 0.1) is 13.8 Å². The standard InChI is InChI=1S/C29H26N4O3/c1-18-25(23-12-8-9-13-24(23)30-26(18)20-14-16-22(36-4)17-15-20)28(34)31-27-19(2)32(3)33(29(27)35)21-10-6-5-7-11-21/h5-17H,1-4H3,(H,31,34). The van der Waals surface area contributed by atoms with E-state index in [1.807, 2.05) is 92.7 Å². The number of nitrogens with one attached hydrogen (secondary N) is 1. The molecule has 5 rings (SSSR count). The van der Waals surface area contributed by atoms with Crippen molar-refractivity contribution in [2.24, 2.45) is 7.05 Å². The Bertz CT molecular complexity index is 1650. The molecule has 1 N–H and O–H groups in total. The number of nitrogens with zero attached hydrogens (tertiary/aromatic N) is 3. The van der Waals surface area contributed by atoms with E-state index in [1.54, 1.807) is 23.5 Å². The minimum atomic E-state index is -0.355. The Morgan fingerprint density at radius 2 is 1.58 bits per heavy atom. The topological polar surface area (TPSA) is 78.2 Å². The molecule has 3 aromatic carbocycles. The molecule has 0 aliphatic rings. The minimum absolute atomic E-state index is 0.248. The first-order chi connectivity index (χ1) is 17.4. The lowest BCUT2D eigenvalue weighted by Gasteiger charge is -2.15. The molecule has 0 aliphatic carbocycles. The number of ether oxygens (including phenoxy) is 1. The summed E-state index contributed by atoms with van der Waals surface area (Å²) in [6.07, 6.45) is 0. The molecular formula is C29H26N4O3. The van der Waals surface area contributed by atoms with Crippen molar-refractivity contribution in [2.45, 2.75) is 13.8 Å². The van der Waals surface area contributed by atoms with Gasteiger partial charge in [-0.15, -0.1) is 0 Å². The summed E-state index contributed by atoms with van der Waals surface area (Å²) in [4.78, 5) is 32.0. The first-order valence-electron chi connectivity index (χ1n) is 11.6. The van der Waals surface area contributed by atoms with Crippen LogP contribution in [0.2, 0.25) is 0 Å². The third kappa shape index (κ3) is 3.84. The fraction of sp³-hybridized carbons (Fsp3) is 0.138. The van der Waals surface area contributed by atoms with Crippen LogP contribution >= 0.6 is 0 Å². The second-order valence-corrected chi connectivity index (χ2v) is 8.60. The summed E-state index contributed by atoms with van der Waals surface area (Å²) >= 11 is 0. The second kappa shape index (κ2) is 9.19. The van der Waals surface area contributed by atoms with E-state index in [4.69, 9.17) is 9.72 Å². The predicted molar refractivity (Wildman–Crippen MR) is 142 cm³/mol. The van der Waals surface area contributed by atoms with Gasteiger partial charge >= 0.3 is 0 Å². The third-order valence-electron chi connectivity index (χ3n) is 6.52. The maximum atomic E-state index is 13.8. The number of carbonyl (C=O) groups is 1. The van der Waals surface area contributed by atoms with E-state index in [9.17, 15) is 9.59 Å². The fourth-order valence-electron chi connectivity index (χ4n) is 4.52. The summed E-state index contributed by atoms with van der Waals surface area (Å²) in [5.74, 6) is 0.385. The van der Waals surface area contributed by atoms with Gasteiger partial charge in [-0.3, -0.25) is 14.3 Å². The molecule has 0 saturated carbocycles. The van der Waals surface area contributed by atoms with Crippen molar-refractivity contribution < 1.29 is 9.53 Å². The van der Waals surface area contributed by atoms with Crippen molar-refractivity contribution >= 4 is 22.5 Å². The molecule has 2 aromatic heterocycles.